The van der Waals surface area contributed by atoms with Crippen LogP contribution in [0.25, 0.3) is 11.0 Å². The fraction of sp³-hybridized carbons (Fsp3) is 0.636. The van der Waals surface area contributed by atoms with Gasteiger partial charge in [-0.1, -0.05) is 0 Å². The van der Waals surface area contributed by atoms with Crippen molar-refractivity contribution in [3.63, 3.8) is 0 Å². The highest BCUT2D eigenvalue weighted by molar-refractivity contribution is 5.81. The molecule has 1 amide bonds. The van der Waals surface area contributed by atoms with Gasteiger partial charge in [-0.05, 0) is 63.6 Å². The molecule has 27 heavy (non-hydrogen) atoms. The van der Waals surface area contributed by atoms with E-state index in [4.69, 9.17) is 4.98 Å². The van der Waals surface area contributed by atoms with Crippen LogP contribution in [-0.2, 0) is 11.8 Å². The van der Waals surface area contributed by atoms with Gasteiger partial charge in [0.15, 0.2) is 0 Å². The van der Waals surface area contributed by atoms with Crippen LogP contribution in [0.4, 0.5) is 0 Å². The summed E-state index contributed by atoms with van der Waals surface area (Å²) < 4.78 is 2.09. The van der Waals surface area contributed by atoms with E-state index in [0.717, 1.165) is 18.7 Å². The van der Waals surface area contributed by atoms with E-state index in [9.17, 15) is 9.90 Å². The Morgan fingerprint density at radius 3 is 2.56 bits per heavy atom. The lowest BCUT2D eigenvalue weighted by molar-refractivity contribution is -0.163. The van der Waals surface area contributed by atoms with E-state index >= 15 is 0 Å². The minimum atomic E-state index is -0.618. The Hall–Kier alpha value is -1.88. The van der Waals surface area contributed by atoms with Crippen molar-refractivity contribution < 1.29 is 9.90 Å². The highest BCUT2D eigenvalue weighted by atomic mass is 16.3. The number of carbonyl (C=O) groups excluding carboxylic acids is 1. The minimum Gasteiger partial charge on any atom is -0.390 e. The van der Waals surface area contributed by atoms with Crippen molar-refractivity contribution in [1.29, 1.82) is 0 Å². The molecule has 3 fully saturated rings. The van der Waals surface area contributed by atoms with Crippen molar-refractivity contribution in [3.05, 3.63) is 30.1 Å². The maximum absolute atomic E-state index is 12.5. The lowest BCUT2D eigenvalue weighted by Crippen LogP contribution is -2.62. The normalized spacial score (nSPS) is 30.3. The molecule has 0 aromatic carbocycles. The molecule has 0 atom stereocenters. The van der Waals surface area contributed by atoms with Crippen LogP contribution in [0.5, 0.6) is 0 Å². The van der Waals surface area contributed by atoms with Gasteiger partial charge in [-0.3, -0.25) is 4.79 Å². The van der Waals surface area contributed by atoms with Crippen molar-refractivity contribution in [1.82, 2.24) is 14.5 Å². The maximum Gasteiger partial charge on any atom is 0.225 e. The molecule has 0 radical (unpaired) electrons. The topological polar surface area (TPSA) is 58.4 Å². The van der Waals surface area contributed by atoms with Gasteiger partial charge in [0.2, 0.25) is 5.91 Å². The van der Waals surface area contributed by atoms with Crippen molar-refractivity contribution >= 4 is 16.9 Å². The van der Waals surface area contributed by atoms with Gasteiger partial charge in [-0.25, -0.2) is 4.98 Å². The molecule has 2 aliphatic carbocycles. The van der Waals surface area contributed by atoms with Gasteiger partial charge in [0.1, 0.15) is 5.65 Å². The molecule has 3 aliphatic rings. The smallest absolute Gasteiger partial charge is 0.225 e. The average molecular weight is 367 g/mol. The summed E-state index contributed by atoms with van der Waals surface area (Å²) >= 11 is 0. The van der Waals surface area contributed by atoms with Gasteiger partial charge in [0.05, 0.1) is 5.60 Å². The molecule has 3 heterocycles. The molecule has 2 aromatic rings. The Labute approximate surface area is 160 Å². The number of likely N-dealkylation sites (tertiary alicyclic amines) is 1. The summed E-state index contributed by atoms with van der Waals surface area (Å²) in [5.74, 6) is 0.862. The fourth-order valence-corrected chi connectivity index (χ4v) is 5.57. The zero-order valence-electron chi connectivity index (χ0n) is 16.3. The summed E-state index contributed by atoms with van der Waals surface area (Å²) in [5, 5.41) is 11.1. The molecular weight excluding hydrogens is 338 g/mol. The molecule has 2 saturated carbocycles. The number of aryl methyl sites for hydroxylation is 1. The monoisotopic (exact) mass is 367 g/mol. The molecular formula is C22H29N3O2. The number of carbonyl (C=O) groups is 1. The van der Waals surface area contributed by atoms with Crippen molar-refractivity contribution in [2.75, 3.05) is 13.1 Å². The van der Waals surface area contributed by atoms with E-state index in [1.807, 2.05) is 11.8 Å². The first kappa shape index (κ1) is 17.2. The van der Waals surface area contributed by atoms with E-state index < -0.39 is 5.60 Å². The third-order valence-electron chi connectivity index (χ3n) is 7.29. The molecule has 144 valence electrons. The van der Waals surface area contributed by atoms with Crippen LogP contribution in [0.1, 0.15) is 57.1 Å². The highest BCUT2D eigenvalue weighted by Gasteiger charge is 2.51. The van der Waals surface area contributed by atoms with Gasteiger partial charge in [0.25, 0.3) is 0 Å². The van der Waals surface area contributed by atoms with Crippen molar-refractivity contribution in [2.45, 2.75) is 57.0 Å². The summed E-state index contributed by atoms with van der Waals surface area (Å²) in [5.41, 5.74) is 2.02. The fourth-order valence-electron chi connectivity index (χ4n) is 5.57. The lowest BCUT2D eigenvalue weighted by Gasteiger charge is -2.55. The average Bonchev–Trinajstić information content (AvgIpc) is 2.97. The molecule has 2 aromatic heterocycles. The first-order valence-corrected chi connectivity index (χ1v) is 10.3. The standard InChI is InChI=1S/C22H29N3O2/c1-21(27)11-17(12-21)20(26)25-13-22(14-25)8-5-15(6-9-22)18-4-3-16-7-10-24(2)19(16)23-18/h3-4,7,10,15,17,27H,5-6,8-9,11-14H2,1-2H3/t17-,21+. The number of fused-ring (bicyclic) bond motifs is 1. The summed E-state index contributed by atoms with van der Waals surface area (Å²) in [6, 6.07) is 6.51. The van der Waals surface area contributed by atoms with E-state index in [1.165, 1.54) is 36.8 Å². The second kappa shape index (κ2) is 5.81. The predicted molar refractivity (Wildman–Crippen MR) is 104 cm³/mol. The predicted octanol–water partition coefficient (Wildman–Crippen LogP) is 3.22. The Bertz CT molecular complexity index is 876. The van der Waals surface area contributed by atoms with Crippen LogP contribution in [0.15, 0.2) is 24.4 Å². The second-order valence-corrected chi connectivity index (χ2v) is 9.65. The van der Waals surface area contributed by atoms with Crippen LogP contribution in [0.2, 0.25) is 0 Å². The number of pyridine rings is 1. The largest absolute Gasteiger partial charge is 0.390 e. The molecule has 1 saturated heterocycles. The Morgan fingerprint density at radius 2 is 1.89 bits per heavy atom. The molecule has 1 spiro atoms. The van der Waals surface area contributed by atoms with Crippen LogP contribution in [-0.4, -0.2) is 44.2 Å². The Kier molecular flexibility index (Phi) is 3.71. The molecule has 5 nitrogen and oxygen atoms in total. The Balaban J connectivity index is 1.18. The molecule has 5 heteroatoms. The number of nitrogens with zero attached hydrogens (tertiary/aromatic N) is 3. The van der Waals surface area contributed by atoms with Crippen molar-refractivity contribution in [3.8, 4) is 0 Å². The number of aliphatic hydroxyl groups is 1. The first-order valence-electron chi connectivity index (χ1n) is 10.3. The van der Waals surface area contributed by atoms with E-state index in [-0.39, 0.29) is 11.8 Å². The van der Waals surface area contributed by atoms with Crippen molar-refractivity contribution in [2.24, 2.45) is 18.4 Å². The molecule has 1 aliphatic heterocycles. The first-order chi connectivity index (χ1) is 12.8. The van der Waals surface area contributed by atoms with Crippen LogP contribution >= 0.6 is 0 Å². The SMILES string of the molecule is Cn1ccc2ccc(C3CCC4(CC3)CN(C(=O)[C@H]3C[C@@](C)(O)C3)C4)nc21. The summed E-state index contributed by atoms with van der Waals surface area (Å²) in [6.45, 7) is 3.67. The number of aromatic nitrogens is 2. The van der Waals surface area contributed by atoms with E-state index in [1.54, 1.807) is 0 Å². The Morgan fingerprint density at radius 1 is 1.19 bits per heavy atom. The van der Waals surface area contributed by atoms with Gasteiger partial charge >= 0.3 is 0 Å². The third kappa shape index (κ3) is 2.87. The van der Waals surface area contributed by atoms with Crippen LogP contribution < -0.4 is 0 Å². The quantitative estimate of drug-likeness (QED) is 0.887. The number of amides is 1. The highest BCUT2D eigenvalue weighted by Crippen LogP contribution is 2.49. The zero-order chi connectivity index (χ0) is 18.8. The van der Waals surface area contributed by atoms with Gasteiger partial charge in [-0.15, -0.1) is 0 Å². The maximum atomic E-state index is 12.5. The zero-order valence-corrected chi connectivity index (χ0v) is 16.3. The van der Waals surface area contributed by atoms with Gasteiger partial charge < -0.3 is 14.6 Å². The lowest BCUT2D eigenvalue weighted by atomic mass is 9.64. The van der Waals surface area contributed by atoms with E-state index in [2.05, 4.69) is 36.0 Å². The van der Waals surface area contributed by atoms with E-state index in [0.29, 0.717) is 24.2 Å². The molecule has 0 bridgehead atoms. The summed E-state index contributed by atoms with van der Waals surface area (Å²) in [7, 11) is 2.05. The third-order valence-corrected chi connectivity index (χ3v) is 7.29. The summed E-state index contributed by atoms with van der Waals surface area (Å²) in [4.78, 5) is 19.5. The molecule has 0 unspecified atom stereocenters. The second-order valence-electron chi connectivity index (χ2n) is 9.65. The van der Waals surface area contributed by atoms with Gasteiger partial charge in [0, 0.05) is 54.7 Å². The number of rotatable bonds is 2. The number of hydrogen-bond donors (Lipinski definition) is 1. The number of hydrogen-bond acceptors (Lipinski definition) is 3. The van der Waals surface area contributed by atoms with Crippen LogP contribution in [0.3, 0.4) is 0 Å². The van der Waals surface area contributed by atoms with Gasteiger partial charge in [-0.2, -0.15) is 0 Å². The molecule has 5 rings (SSSR count). The minimum absolute atomic E-state index is 0.0508. The van der Waals surface area contributed by atoms with Crippen LogP contribution in [0, 0.1) is 11.3 Å². The summed E-state index contributed by atoms with van der Waals surface area (Å²) in [6.07, 6.45) is 8.05. The molecule has 1 N–H and O–H groups in total.